The number of hydrogen-bond donors (Lipinski definition) is 0. The number of hydrogen-bond acceptors (Lipinski definition) is 4. The maximum Gasteiger partial charge on any atom is 0.227 e. The van der Waals surface area contributed by atoms with Gasteiger partial charge in [-0.15, -0.1) is 0 Å². The van der Waals surface area contributed by atoms with Gasteiger partial charge in [-0.05, 0) is 65.7 Å². The summed E-state index contributed by atoms with van der Waals surface area (Å²) in [4.78, 5) is 9.09. The van der Waals surface area contributed by atoms with Gasteiger partial charge in [-0.2, -0.15) is 0 Å². The summed E-state index contributed by atoms with van der Waals surface area (Å²) < 4.78 is 11.7. The third kappa shape index (κ3) is 3.93. The molecular weight excluding hydrogens is 432 g/mol. The molecule has 6 rings (SSSR count). The molecule has 2 aromatic heterocycles. The summed E-state index contributed by atoms with van der Waals surface area (Å²) >= 11 is 6.04. The van der Waals surface area contributed by atoms with Crippen LogP contribution in [0.2, 0.25) is 5.02 Å². The van der Waals surface area contributed by atoms with Gasteiger partial charge in [-0.1, -0.05) is 60.2 Å². The topological polar surface area (TPSA) is 52.1 Å². The smallest absolute Gasteiger partial charge is 0.227 e. The molecule has 0 amide bonds. The predicted molar refractivity (Wildman–Crippen MR) is 133 cm³/mol. The molecular formula is C28H17ClN2O2. The second-order valence-electron chi connectivity index (χ2n) is 7.70. The Hall–Kier alpha value is -4.15. The van der Waals surface area contributed by atoms with Crippen LogP contribution in [0.1, 0.15) is 11.1 Å². The Bertz CT molecular complexity index is 1580. The molecule has 4 nitrogen and oxygen atoms in total. The molecule has 0 aliphatic rings. The molecule has 0 N–H and O–H groups in total. The van der Waals surface area contributed by atoms with E-state index in [0.717, 1.165) is 44.5 Å². The van der Waals surface area contributed by atoms with Crippen LogP contribution in [-0.4, -0.2) is 9.97 Å². The van der Waals surface area contributed by atoms with Crippen molar-refractivity contribution >= 4 is 46.0 Å². The van der Waals surface area contributed by atoms with E-state index in [4.69, 9.17) is 20.4 Å². The molecule has 0 spiro atoms. The van der Waals surface area contributed by atoms with Crippen LogP contribution < -0.4 is 0 Å². The van der Waals surface area contributed by atoms with Crippen molar-refractivity contribution < 1.29 is 8.83 Å². The number of halogens is 1. The molecule has 0 saturated heterocycles. The minimum absolute atomic E-state index is 0.581. The fourth-order valence-electron chi connectivity index (χ4n) is 3.69. The third-order valence-electron chi connectivity index (χ3n) is 5.43. The van der Waals surface area contributed by atoms with Crippen molar-refractivity contribution in [1.29, 1.82) is 0 Å². The molecule has 158 valence electrons. The third-order valence-corrected chi connectivity index (χ3v) is 5.66. The normalized spacial score (nSPS) is 11.7. The summed E-state index contributed by atoms with van der Waals surface area (Å²) in [5.41, 5.74) is 7.18. The van der Waals surface area contributed by atoms with E-state index in [1.165, 1.54) is 0 Å². The molecule has 4 aromatic carbocycles. The van der Waals surface area contributed by atoms with Crippen LogP contribution in [0.15, 0.2) is 99.8 Å². The number of oxazole rings is 2. The molecule has 0 bridgehead atoms. The first-order chi connectivity index (χ1) is 16.2. The lowest BCUT2D eigenvalue weighted by molar-refractivity contribution is 0.619. The van der Waals surface area contributed by atoms with Crippen molar-refractivity contribution in [1.82, 2.24) is 9.97 Å². The minimum atomic E-state index is 0.581. The lowest BCUT2D eigenvalue weighted by Gasteiger charge is -1.99. The van der Waals surface area contributed by atoms with Crippen molar-refractivity contribution in [2.75, 3.05) is 0 Å². The van der Waals surface area contributed by atoms with Crippen LogP contribution in [0.25, 0.3) is 57.3 Å². The number of fused-ring (bicyclic) bond motifs is 2. The average molecular weight is 449 g/mol. The number of aromatic nitrogens is 2. The van der Waals surface area contributed by atoms with E-state index in [-0.39, 0.29) is 0 Å². The molecule has 0 unspecified atom stereocenters. The standard InChI is InChI=1S/C28H17ClN2O2/c29-22-15-16-26-24(17-22)31-28(33-26)21-13-9-19(10-14-21)6-5-18-7-11-20(12-8-18)27-30-23-3-1-2-4-25(23)32-27/h1-17H/b6-5+. The Morgan fingerprint density at radius 2 is 1.12 bits per heavy atom. The first kappa shape index (κ1) is 19.5. The van der Waals surface area contributed by atoms with Crippen molar-refractivity contribution in [3.8, 4) is 22.9 Å². The first-order valence-electron chi connectivity index (χ1n) is 10.5. The van der Waals surface area contributed by atoms with Gasteiger partial charge in [0.05, 0.1) is 0 Å². The zero-order valence-corrected chi connectivity index (χ0v) is 18.2. The van der Waals surface area contributed by atoms with Gasteiger partial charge in [-0.3, -0.25) is 0 Å². The fraction of sp³-hybridized carbons (Fsp3) is 0. The quantitative estimate of drug-likeness (QED) is 0.255. The molecule has 2 heterocycles. The summed E-state index contributed by atoms with van der Waals surface area (Å²) in [6, 6.07) is 29.4. The van der Waals surface area contributed by atoms with Crippen molar-refractivity contribution in [2.24, 2.45) is 0 Å². The van der Waals surface area contributed by atoms with Gasteiger partial charge >= 0.3 is 0 Å². The van der Waals surface area contributed by atoms with E-state index in [1.807, 2.05) is 66.7 Å². The summed E-state index contributed by atoms with van der Waals surface area (Å²) in [5.74, 6) is 1.21. The van der Waals surface area contributed by atoms with Crippen LogP contribution in [0.4, 0.5) is 0 Å². The van der Waals surface area contributed by atoms with Crippen LogP contribution in [0, 0.1) is 0 Å². The number of nitrogens with zero attached hydrogens (tertiary/aromatic N) is 2. The monoisotopic (exact) mass is 448 g/mol. The highest BCUT2D eigenvalue weighted by Gasteiger charge is 2.09. The second kappa shape index (κ2) is 8.08. The summed E-state index contributed by atoms with van der Waals surface area (Å²) in [6.45, 7) is 0. The zero-order chi connectivity index (χ0) is 22.2. The Morgan fingerprint density at radius 3 is 1.73 bits per heavy atom. The summed E-state index contributed by atoms with van der Waals surface area (Å²) in [6.07, 6.45) is 4.15. The molecule has 0 aliphatic heterocycles. The maximum absolute atomic E-state index is 6.04. The Balaban J connectivity index is 1.19. The maximum atomic E-state index is 6.04. The molecule has 0 saturated carbocycles. The van der Waals surface area contributed by atoms with Crippen LogP contribution in [0.5, 0.6) is 0 Å². The van der Waals surface area contributed by atoms with E-state index in [1.54, 1.807) is 12.1 Å². The Labute approximate surface area is 194 Å². The highest BCUT2D eigenvalue weighted by atomic mass is 35.5. The number of para-hydroxylation sites is 2. The number of benzene rings is 4. The molecule has 5 heteroatoms. The van der Waals surface area contributed by atoms with E-state index in [2.05, 4.69) is 34.3 Å². The molecule has 0 radical (unpaired) electrons. The fourth-order valence-corrected chi connectivity index (χ4v) is 3.85. The van der Waals surface area contributed by atoms with Gasteiger partial charge in [-0.25, -0.2) is 9.97 Å². The first-order valence-corrected chi connectivity index (χ1v) is 10.9. The van der Waals surface area contributed by atoms with Crippen LogP contribution >= 0.6 is 11.6 Å². The van der Waals surface area contributed by atoms with Gasteiger partial charge in [0.25, 0.3) is 0 Å². The van der Waals surface area contributed by atoms with Gasteiger partial charge in [0.2, 0.25) is 11.8 Å². The Morgan fingerprint density at radius 1 is 0.576 bits per heavy atom. The molecule has 6 aromatic rings. The van der Waals surface area contributed by atoms with Crippen molar-refractivity contribution in [3.05, 3.63) is 107 Å². The highest BCUT2D eigenvalue weighted by molar-refractivity contribution is 6.31. The van der Waals surface area contributed by atoms with E-state index < -0.39 is 0 Å². The zero-order valence-electron chi connectivity index (χ0n) is 17.4. The van der Waals surface area contributed by atoms with Gasteiger partial charge in [0, 0.05) is 16.1 Å². The molecule has 0 aliphatic carbocycles. The van der Waals surface area contributed by atoms with Crippen LogP contribution in [-0.2, 0) is 0 Å². The van der Waals surface area contributed by atoms with Crippen LogP contribution in [0.3, 0.4) is 0 Å². The number of rotatable bonds is 4. The predicted octanol–water partition coefficient (Wildman–Crippen LogP) is 8.13. The van der Waals surface area contributed by atoms with Gasteiger partial charge < -0.3 is 8.83 Å². The summed E-state index contributed by atoms with van der Waals surface area (Å²) in [5, 5.41) is 0.643. The molecule has 33 heavy (non-hydrogen) atoms. The van der Waals surface area contributed by atoms with Gasteiger partial charge in [0.1, 0.15) is 11.0 Å². The largest absolute Gasteiger partial charge is 0.436 e. The minimum Gasteiger partial charge on any atom is -0.436 e. The van der Waals surface area contributed by atoms with E-state index >= 15 is 0 Å². The van der Waals surface area contributed by atoms with E-state index in [0.29, 0.717) is 16.8 Å². The average Bonchev–Trinajstić information content (AvgIpc) is 3.47. The lowest BCUT2D eigenvalue weighted by atomic mass is 10.1. The van der Waals surface area contributed by atoms with Gasteiger partial charge in [0.15, 0.2) is 11.2 Å². The van der Waals surface area contributed by atoms with Crippen molar-refractivity contribution in [2.45, 2.75) is 0 Å². The highest BCUT2D eigenvalue weighted by Crippen LogP contribution is 2.27. The lowest BCUT2D eigenvalue weighted by Crippen LogP contribution is -1.79. The Kier molecular flexibility index (Phi) is 4.78. The summed E-state index contributed by atoms with van der Waals surface area (Å²) in [7, 11) is 0. The molecule has 0 atom stereocenters. The SMILES string of the molecule is Clc1ccc2oc(-c3ccc(/C=C/c4ccc(-c5nc6ccccc6o5)cc4)cc3)nc2c1. The van der Waals surface area contributed by atoms with E-state index in [9.17, 15) is 0 Å². The van der Waals surface area contributed by atoms with Crippen molar-refractivity contribution in [3.63, 3.8) is 0 Å². The second-order valence-corrected chi connectivity index (χ2v) is 8.13. The molecule has 0 fully saturated rings.